The van der Waals surface area contributed by atoms with Crippen LogP contribution in [-0.2, 0) is 13.6 Å². The molecule has 2 aromatic heterocycles. The largest absolute Gasteiger partial charge is 0.288 e. The number of hydrogen-bond donors (Lipinski definition) is 1. The number of aromatic nitrogens is 5. The van der Waals surface area contributed by atoms with Crippen LogP contribution in [0.5, 0.6) is 0 Å². The average molecular weight is 296 g/mol. The lowest BCUT2D eigenvalue weighted by molar-refractivity contribution is 0.101. The van der Waals surface area contributed by atoms with Crippen molar-refractivity contribution >= 4 is 11.9 Å². The smallest absolute Gasteiger partial charge is 0.276 e. The second kappa shape index (κ2) is 5.80. The van der Waals surface area contributed by atoms with Crippen LogP contribution in [0.4, 0.5) is 5.95 Å². The Morgan fingerprint density at radius 3 is 2.68 bits per heavy atom. The van der Waals surface area contributed by atoms with Gasteiger partial charge < -0.3 is 0 Å². The molecule has 7 nitrogen and oxygen atoms in total. The summed E-state index contributed by atoms with van der Waals surface area (Å²) in [5, 5.41) is 11.1. The van der Waals surface area contributed by atoms with Gasteiger partial charge in [-0.1, -0.05) is 30.3 Å². The van der Waals surface area contributed by atoms with Crippen molar-refractivity contribution in [3.8, 4) is 0 Å². The SMILES string of the molecule is Cc1cc(C(=O)Nc2ncn(Cc3ccccc3)n2)n(C)n1. The standard InChI is InChI=1S/C15H16N6O/c1-11-8-13(20(2)18-11)14(22)17-15-16-10-21(19-15)9-12-6-4-3-5-7-12/h3-8,10H,9H2,1-2H3,(H,17,19,22). The minimum absolute atomic E-state index is 0.277. The number of nitrogens with one attached hydrogen (secondary N) is 1. The van der Waals surface area contributed by atoms with Gasteiger partial charge in [0.25, 0.3) is 5.91 Å². The summed E-state index contributed by atoms with van der Waals surface area (Å²) >= 11 is 0. The highest BCUT2D eigenvalue weighted by Crippen LogP contribution is 2.07. The Morgan fingerprint density at radius 1 is 1.23 bits per heavy atom. The number of anilines is 1. The summed E-state index contributed by atoms with van der Waals surface area (Å²) in [7, 11) is 1.73. The molecule has 0 radical (unpaired) electrons. The third kappa shape index (κ3) is 3.03. The molecule has 7 heteroatoms. The summed E-state index contributed by atoms with van der Waals surface area (Å²) in [5.74, 6) is 0.000320. The van der Waals surface area contributed by atoms with E-state index < -0.39 is 0 Å². The van der Waals surface area contributed by atoms with Crippen LogP contribution in [-0.4, -0.2) is 30.5 Å². The minimum atomic E-state index is -0.277. The molecule has 0 spiro atoms. The van der Waals surface area contributed by atoms with Crippen LogP contribution in [0.2, 0.25) is 0 Å². The number of nitrogens with zero attached hydrogens (tertiary/aromatic N) is 5. The summed E-state index contributed by atoms with van der Waals surface area (Å²) in [6.07, 6.45) is 1.59. The quantitative estimate of drug-likeness (QED) is 0.793. The number of amides is 1. The van der Waals surface area contributed by atoms with Crippen LogP contribution in [0.15, 0.2) is 42.7 Å². The van der Waals surface area contributed by atoms with Crippen molar-refractivity contribution in [2.45, 2.75) is 13.5 Å². The van der Waals surface area contributed by atoms with Crippen molar-refractivity contribution in [2.75, 3.05) is 5.32 Å². The lowest BCUT2D eigenvalue weighted by Crippen LogP contribution is -2.17. The highest BCUT2D eigenvalue weighted by atomic mass is 16.2. The summed E-state index contributed by atoms with van der Waals surface area (Å²) in [6.45, 7) is 2.44. The minimum Gasteiger partial charge on any atom is -0.288 e. The molecule has 0 aliphatic carbocycles. The van der Waals surface area contributed by atoms with Crippen molar-refractivity contribution < 1.29 is 4.79 Å². The number of carbonyl (C=O) groups is 1. The Hall–Kier alpha value is -2.96. The molecule has 0 fully saturated rings. The maximum Gasteiger partial charge on any atom is 0.276 e. The molecule has 112 valence electrons. The number of hydrogen-bond acceptors (Lipinski definition) is 4. The van der Waals surface area contributed by atoms with E-state index in [1.165, 1.54) is 4.68 Å². The molecule has 0 saturated carbocycles. The van der Waals surface area contributed by atoms with Crippen LogP contribution in [0.3, 0.4) is 0 Å². The molecule has 0 aliphatic heterocycles. The molecule has 0 aliphatic rings. The average Bonchev–Trinajstić information content (AvgIpc) is 3.06. The van der Waals surface area contributed by atoms with Gasteiger partial charge in [0.2, 0.25) is 5.95 Å². The molecular formula is C15H16N6O. The predicted molar refractivity (Wildman–Crippen MR) is 81.5 cm³/mol. The maximum absolute atomic E-state index is 12.2. The first-order valence-corrected chi connectivity index (χ1v) is 6.87. The molecule has 0 bridgehead atoms. The van der Waals surface area contributed by atoms with Gasteiger partial charge in [0.05, 0.1) is 12.2 Å². The van der Waals surface area contributed by atoms with Crippen molar-refractivity contribution in [1.29, 1.82) is 0 Å². The number of aryl methyl sites for hydroxylation is 2. The van der Waals surface area contributed by atoms with Crippen molar-refractivity contribution in [1.82, 2.24) is 24.5 Å². The Morgan fingerprint density at radius 2 is 2.00 bits per heavy atom. The molecule has 3 rings (SSSR count). The van der Waals surface area contributed by atoms with Crippen LogP contribution in [0, 0.1) is 6.92 Å². The fourth-order valence-electron chi connectivity index (χ4n) is 2.19. The molecular weight excluding hydrogens is 280 g/mol. The van der Waals surface area contributed by atoms with E-state index in [4.69, 9.17) is 0 Å². The van der Waals surface area contributed by atoms with E-state index in [9.17, 15) is 4.79 Å². The highest BCUT2D eigenvalue weighted by molar-refractivity contribution is 6.02. The molecule has 2 heterocycles. The van der Waals surface area contributed by atoms with E-state index >= 15 is 0 Å². The van der Waals surface area contributed by atoms with Gasteiger partial charge in [0.1, 0.15) is 12.0 Å². The molecule has 3 aromatic rings. The molecule has 0 atom stereocenters. The highest BCUT2D eigenvalue weighted by Gasteiger charge is 2.13. The van der Waals surface area contributed by atoms with Gasteiger partial charge >= 0.3 is 0 Å². The second-order valence-corrected chi connectivity index (χ2v) is 5.00. The first kappa shape index (κ1) is 14.0. The van der Waals surface area contributed by atoms with Gasteiger partial charge in [0.15, 0.2) is 0 Å². The molecule has 22 heavy (non-hydrogen) atoms. The molecule has 0 saturated heterocycles. The first-order valence-electron chi connectivity index (χ1n) is 6.87. The zero-order valence-electron chi connectivity index (χ0n) is 12.4. The second-order valence-electron chi connectivity index (χ2n) is 5.00. The van der Waals surface area contributed by atoms with E-state index in [2.05, 4.69) is 20.5 Å². The lowest BCUT2D eigenvalue weighted by Gasteiger charge is -2.01. The van der Waals surface area contributed by atoms with Gasteiger partial charge in [-0.3, -0.25) is 14.8 Å². The summed E-state index contributed by atoms with van der Waals surface area (Å²) < 4.78 is 3.21. The van der Waals surface area contributed by atoms with Crippen LogP contribution < -0.4 is 5.32 Å². The van der Waals surface area contributed by atoms with Gasteiger partial charge in [-0.25, -0.2) is 9.67 Å². The Bertz CT molecular complexity index is 789. The van der Waals surface area contributed by atoms with E-state index in [0.29, 0.717) is 12.2 Å². The third-order valence-corrected chi connectivity index (χ3v) is 3.18. The van der Waals surface area contributed by atoms with Crippen LogP contribution in [0.1, 0.15) is 21.7 Å². The van der Waals surface area contributed by atoms with Gasteiger partial charge in [-0.05, 0) is 18.6 Å². The van der Waals surface area contributed by atoms with E-state index in [1.54, 1.807) is 24.1 Å². The monoisotopic (exact) mass is 296 g/mol. The fourth-order valence-corrected chi connectivity index (χ4v) is 2.19. The zero-order chi connectivity index (χ0) is 15.5. The van der Waals surface area contributed by atoms with E-state index in [-0.39, 0.29) is 11.9 Å². The van der Waals surface area contributed by atoms with Gasteiger partial charge in [0, 0.05) is 7.05 Å². The van der Waals surface area contributed by atoms with E-state index in [0.717, 1.165) is 11.3 Å². The molecule has 1 aromatic carbocycles. The molecule has 0 unspecified atom stereocenters. The fraction of sp³-hybridized carbons (Fsp3) is 0.200. The lowest BCUT2D eigenvalue weighted by atomic mass is 10.2. The number of rotatable bonds is 4. The summed E-state index contributed by atoms with van der Waals surface area (Å²) in [4.78, 5) is 16.3. The Balaban J connectivity index is 1.69. The number of benzene rings is 1. The van der Waals surface area contributed by atoms with Crippen molar-refractivity contribution in [3.63, 3.8) is 0 Å². The Labute approximate surface area is 127 Å². The maximum atomic E-state index is 12.2. The zero-order valence-corrected chi connectivity index (χ0v) is 12.4. The molecule has 1 N–H and O–H groups in total. The summed E-state index contributed by atoms with van der Waals surface area (Å²) in [6, 6.07) is 11.7. The van der Waals surface area contributed by atoms with Gasteiger partial charge in [-0.2, -0.15) is 5.10 Å². The first-order chi connectivity index (χ1) is 10.6. The topological polar surface area (TPSA) is 77.6 Å². The summed E-state index contributed by atoms with van der Waals surface area (Å²) in [5.41, 5.74) is 2.37. The third-order valence-electron chi connectivity index (χ3n) is 3.18. The normalized spacial score (nSPS) is 10.6. The van der Waals surface area contributed by atoms with Crippen LogP contribution in [0.25, 0.3) is 0 Å². The predicted octanol–water partition coefficient (Wildman–Crippen LogP) is 1.62. The van der Waals surface area contributed by atoms with Gasteiger partial charge in [-0.15, -0.1) is 5.10 Å². The van der Waals surface area contributed by atoms with Crippen LogP contribution >= 0.6 is 0 Å². The van der Waals surface area contributed by atoms with E-state index in [1.807, 2.05) is 37.3 Å². The van der Waals surface area contributed by atoms with Crippen molar-refractivity contribution in [3.05, 3.63) is 59.7 Å². The number of carbonyl (C=O) groups excluding carboxylic acids is 1. The van der Waals surface area contributed by atoms with Crippen molar-refractivity contribution in [2.24, 2.45) is 7.05 Å². The Kier molecular flexibility index (Phi) is 3.69. The molecule has 1 amide bonds.